The molecule has 0 saturated carbocycles. The van der Waals surface area contributed by atoms with Crippen molar-refractivity contribution in [3.63, 3.8) is 0 Å². The standard InChI is InChI=1S/C20H16N4/c1-14(17-8-9-20-22-13-23-24(20)12-17)19-10-18(11-21-15(19)2)16-6-4-3-5-7-16/h3-13H,1H2,2H3. The van der Waals surface area contributed by atoms with Crippen molar-refractivity contribution in [3.8, 4) is 11.1 Å². The molecule has 116 valence electrons. The number of aromatic nitrogens is 4. The molecule has 0 atom stereocenters. The molecule has 4 aromatic rings. The van der Waals surface area contributed by atoms with Gasteiger partial charge in [-0.1, -0.05) is 36.9 Å². The van der Waals surface area contributed by atoms with Crippen LogP contribution in [0.2, 0.25) is 0 Å². The van der Waals surface area contributed by atoms with E-state index in [0.29, 0.717) is 0 Å². The maximum atomic E-state index is 4.56. The van der Waals surface area contributed by atoms with Gasteiger partial charge in [-0.25, -0.2) is 9.50 Å². The van der Waals surface area contributed by atoms with E-state index in [1.54, 1.807) is 10.8 Å². The molecule has 0 saturated heterocycles. The highest BCUT2D eigenvalue weighted by molar-refractivity contribution is 5.81. The summed E-state index contributed by atoms with van der Waals surface area (Å²) in [6, 6.07) is 16.3. The fourth-order valence-electron chi connectivity index (χ4n) is 2.78. The molecule has 24 heavy (non-hydrogen) atoms. The third-order valence-corrected chi connectivity index (χ3v) is 4.14. The van der Waals surface area contributed by atoms with E-state index < -0.39 is 0 Å². The Morgan fingerprint density at radius 2 is 1.83 bits per heavy atom. The molecular formula is C20H16N4. The van der Waals surface area contributed by atoms with Crippen molar-refractivity contribution in [2.75, 3.05) is 0 Å². The van der Waals surface area contributed by atoms with Crippen LogP contribution in [0.4, 0.5) is 0 Å². The summed E-state index contributed by atoms with van der Waals surface area (Å²) in [7, 11) is 0. The summed E-state index contributed by atoms with van der Waals surface area (Å²) in [6.45, 7) is 6.28. The molecule has 3 aromatic heterocycles. The summed E-state index contributed by atoms with van der Waals surface area (Å²) >= 11 is 0. The first kappa shape index (κ1) is 14.3. The first-order chi connectivity index (χ1) is 11.7. The Hall–Kier alpha value is -3.27. The van der Waals surface area contributed by atoms with Crippen LogP contribution < -0.4 is 0 Å². The first-order valence-corrected chi connectivity index (χ1v) is 7.73. The van der Waals surface area contributed by atoms with Crippen molar-refractivity contribution in [2.24, 2.45) is 0 Å². The Kier molecular flexibility index (Phi) is 3.43. The van der Waals surface area contributed by atoms with Crippen molar-refractivity contribution < 1.29 is 0 Å². The molecule has 0 radical (unpaired) electrons. The van der Waals surface area contributed by atoms with Crippen molar-refractivity contribution in [1.82, 2.24) is 19.6 Å². The molecule has 0 aliphatic carbocycles. The Morgan fingerprint density at radius 1 is 1.00 bits per heavy atom. The average Bonchev–Trinajstić information content (AvgIpc) is 3.10. The smallest absolute Gasteiger partial charge is 0.155 e. The van der Waals surface area contributed by atoms with E-state index in [1.165, 1.54) is 0 Å². The molecule has 0 aliphatic rings. The summed E-state index contributed by atoms with van der Waals surface area (Å²) in [4.78, 5) is 8.73. The van der Waals surface area contributed by atoms with E-state index >= 15 is 0 Å². The van der Waals surface area contributed by atoms with Gasteiger partial charge in [-0.2, -0.15) is 5.10 Å². The van der Waals surface area contributed by atoms with Gasteiger partial charge < -0.3 is 0 Å². The number of nitrogens with zero attached hydrogens (tertiary/aromatic N) is 4. The van der Waals surface area contributed by atoms with E-state index in [0.717, 1.165) is 39.2 Å². The molecule has 4 nitrogen and oxygen atoms in total. The Morgan fingerprint density at radius 3 is 2.67 bits per heavy atom. The van der Waals surface area contributed by atoms with Crippen LogP contribution in [0.15, 0.2) is 73.8 Å². The number of hydrogen-bond acceptors (Lipinski definition) is 3. The van der Waals surface area contributed by atoms with E-state index in [-0.39, 0.29) is 0 Å². The minimum atomic E-state index is 0.819. The fourth-order valence-corrected chi connectivity index (χ4v) is 2.78. The normalized spacial score (nSPS) is 10.9. The van der Waals surface area contributed by atoms with E-state index in [4.69, 9.17) is 0 Å². The van der Waals surface area contributed by atoms with Gasteiger partial charge >= 0.3 is 0 Å². The minimum Gasteiger partial charge on any atom is -0.260 e. The van der Waals surface area contributed by atoms with Gasteiger partial charge in [-0.05, 0) is 36.3 Å². The van der Waals surface area contributed by atoms with Gasteiger partial charge in [-0.15, -0.1) is 0 Å². The topological polar surface area (TPSA) is 43.1 Å². The summed E-state index contributed by atoms with van der Waals surface area (Å²) in [5, 5.41) is 4.19. The summed E-state index contributed by atoms with van der Waals surface area (Å²) in [6.07, 6.45) is 5.39. The zero-order valence-electron chi connectivity index (χ0n) is 13.3. The van der Waals surface area contributed by atoms with Crippen molar-refractivity contribution in [2.45, 2.75) is 6.92 Å². The van der Waals surface area contributed by atoms with Crippen LogP contribution in [0.25, 0.3) is 22.3 Å². The Bertz CT molecular complexity index is 1030. The SMILES string of the molecule is C=C(c1ccc2ncnn2c1)c1cc(-c2ccccc2)cnc1C. The molecule has 0 fully saturated rings. The van der Waals surface area contributed by atoms with Crippen LogP contribution in [0.1, 0.15) is 16.8 Å². The van der Waals surface area contributed by atoms with Crippen LogP contribution >= 0.6 is 0 Å². The lowest BCUT2D eigenvalue weighted by atomic mass is 9.96. The first-order valence-electron chi connectivity index (χ1n) is 7.73. The quantitative estimate of drug-likeness (QED) is 0.570. The lowest BCUT2D eigenvalue weighted by Crippen LogP contribution is -1.97. The summed E-state index contributed by atoms with van der Waals surface area (Å²) < 4.78 is 1.75. The Balaban J connectivity index is 1.78. The highest BCUT2D eigenvalue weighted by Crippen LogP contribution is 2.28. The molecule has 3 heterocycles. The molecule has 0 aliphatic heterocycles. The number of hydrogen-bond donors (Lipinski definition) is 0. The number of aryl methyl sites for hydroxylation is 1. The van der Waals surface area contributed by atoms with Gasteiger partial charge in [0.25, 0.3) is 0 Å². The zero-order chi connectivity index (χ0) is 16.5. The second-order valence-corrected chi connectivity index (χ2v) is 5.68. The second kappa shape index (κ2) is 5.74. The summed E-state index contributed by atoms with van der Waals surface area (Å²) in [5.41, 5.74) is 6.97. The highest BCUT2D eigenvalue weighted by Gasteiger charge is 2.10. The van der Waals surface area contributed by atoms with E-state index in [2.05, 4.69) is 39.8 Å². The van der Waals surface area contributed by atoms with Crippen molar-refractivity contribution in [1.29, 1.82) is 0 Å². The lowest BCUT2D eigenvalue weighted by molar-refractivity contribution is 0.957. The molecule has 0 bridgehead atoms. The fraction of sp³-hybridized carbons (Fsp3) is 0.0500. The van der Waals surface area contributed by atoms with Crippen molar-refractivity contribution >= 4 is 11.2 Å². The molecule has 0 spiro atoms. The summed E-state index contributed by atoms with van der Waals surface area (Å²) in [5.74, 6) is 0. The monoisotopic (exact) mass is 312 g/mol. The van der Waals surface area contributed by atoms with E-state index in [9.17, 15) is 0 Å². The molecule has 0 N–H and O–H groups in total. The third-order valence-electron chi connectivity index (χ3n) is 4.14. The molecule has 4 rings (SSSR count). The third kappa shape index (κ3) is 2.48. The average molecular weight is 312 g/mol. The number of fused-ring (bicyclic) bond motifs is 1. The molecular weight excluding hydrogens is 296 g/mol. The van der Waals surface area contributed by atoms with Crippen LogP contribution in [-0.4, -0.2) is 19.6 Å². The van der Waals surface area contributed by atoms with Crippen LogP contribution in [0.5, 0.6) is 0 Å². The van der Waals surface area contributed by atoms with Gasteiger partial charge in [-0.3, -0.25) is 4.98 Å². The number of benzene rings is 1. The highest BCUT2D eigenvalue weighted by atomic mass is 15.3. The largest absolute Gasteiger partial charge is 0.260 e. The van der Waals surface area contributed by atoms with Gasteiger partial charge in [0.2, 0.25) is 0 Å². The van der Waals surface area contributed by atoms with Crippen molar-refractivity contribution in [3.05, 3.63) is 90.7 Å². The van der Waals surface area contributed by atoms with Gasteiger partial charge in [0.15, 0.2) is 5.65 Å². The van der Waals surface area contributed by atoms with Crippen LogP contribution in [-0.2, 0) is 0 Å². The maximum Gasteiger partial charge on any atom is 0.155 e. The van der Waals surface area contributed by atoms with Gasteiger partial charge in [0.1, 0.15) is 6.33 Å². The predicted molar refractivity (Wildman–Crippen MR) is 95.5 cm³/mol. The maximum absolute atomic E-state index is 4.56. The molecule has 0 amide bonds. The second-order valence-electron chi connectivity index (χ2n) is 5.68. The Labute approximate surface area is 140 Å². The lowest BCUT2D eigenvalue weighted by Gasteiger charge is -2.11. The van der Waals surface area contributed by atoms with Gasteiger partial charge in [0, 0.05) is 34.8 Å². The van der Waals surface area contributed by atoms with E-state index in [1.807, 2.05) is 49.6 Å². The number of pyridine rings is 2. The zero-order valence-corrected chi connectivity index (χ0v) is 13.3. The van der Waals surface area contributed by atoms with Crippen LogP contribution in [0.3, 0.4) is 0 Å². The molecule has 0 unspecified atom stereocenters. The minimum absolute atomic E-state index is 0.819. The van der Waals surface area contributed by atoms with Crippen LogP contribution in [0, 0.1) is 6.92 Å². The molecule has 4 heteroatoms. The predicted octanol–water partition coefficient (Wildman–Crippen LogP) is 4.16. The number of rotatable bonds is 3. The van der Waals surface area contributed by atoms with Gasteiger partial charge in [0.05, 0.1) is 0 Å². The molecule has 1 aromatic carbocycles.